The summed E-state index contributed by atoms with van der Waals surface area (Å²) in [6, 6.07) is 21.2. The molecule has 0 atom stereocenters. The molecule has 13 nitrogen and oxygen atoms in total. The zero-order chi connectivity index (χ0) is 34.0. The van der Waals surface area contributed by atoms with E-state index in [2.05, 4.69) is 15.8 Å². The van der Waals surface area contributed by atoms with Crippen molar-refractivity contribution in [2.45, 2.75) is 0 Å². The van der Waals surface area contributed by atoms with Gasteiger partial charge in [-0.3, -0.25) is 9.59 Å². The zero-order valence-corrected chi connectivity index (χ0v) is 26.4. The van der Waals surface area contributed by atoms with E-state index >= 15 is 0 Å². The van der Waals surface area contributed by atoms with Crippen LogP contribution in [-0.4, -0.2) is 59.2 Å². The highest BCUT2D eigenvalue weighted by Crippen LogP contribution is 2.39. The molecule has 0 unspecified atom stereocenters. The van der Waals surface area contributed by atoms with Crippen LogP contribution in [-0.2, 0) is 4.79 Å². The highest BCUT2D eigenvalue weighted by Gasteiger charge is 2.20. The van der Waals surface area contributed by atoms with E-state index in [9.17, 15) is 14.4 Å². The minimum Gasteiger partial charge on any atom is -0.493 e. The normalized spacial score (nSPS) is 11.9. The molecule has 1 aliphatic heterocycles. The number of ether oxygens (including phenoxy) is 7. The van der Waals surface area contributed by atoms with Gasteiger partial charge in [0.15, 0.2) is 34.5 Å². The van der Waals surface area contributed by atoms with Gasteiger partial charge in [-0.2, -0.15) is 5.10 Å². The molecule has 0 spiro atoms. The molecule has 1 heterocycles. The van der Waals surface area contributed by atoms with Crippen molar-refractivity contribution in [3.63, 3.8) is 0 Å². The fourth-order valence-corrected chi connectivity index (χ4v) is 4.54. The number of amides is 2. The van der Waals surface area contributed by atoms with Gasteiger partial charge >= 0.3 is 5.97 Å². The molecule has 0 fully saturated rings. The molecule has 246 valence electrons. The molecule has 0 radical (unpaired) electrons. The summed E-state index contributed by atoms with van der Waals surface area (Å²) in [4.78, 5) is 39.2. The van der Waals surface area contributed by atoms with Crippen molar-refractivity contribution >= 4 is 30.1 Å². The van der Waals surface area contributed by atoms with Crippen LogP contribution in [0.15, 0.2) is 89.7 Å². The van der Waals surface area contributed by atoms with Gasteiger partial charge in [-0.1, -0.05) is 24.3 Å². The van der Waals surface area contributed by atoms with Gasteiger partial charge in [0.2, 0.25) is 12.5 Å². The van der Waals surface area contributed by atoms with Gasteiger partial charge in [0.25, 0.3) is 11.8 Å². The summed E-state index contributed by atoms with van der Waals surface area (Å²) in [5.74, 6) is 0.505. The zero-order valence-electron chi connectivity index (χ0n) is 26.4. The first-order valence-corrected chi connectivity index (χ1v) is 14.3. The lowest BCUT2D eigenvalue weighted by Gasteiger charge is -2.14. The largest absolute Gasteiger partial charge is 0.493 e. The van der Waals surface area contributed by atoms with E-state index in [1.54, 1.807) is 60.7 Å². The molecule has 0 saturated carbocycles. The van der Waals surface area contributed by atoms with Crippen LogP contribution >= 0.6 is 0 Å². The highest BCUT2D eigenvalue weighted by atomic mass is 16.7. The second kappa shape index (κ2) is 15.2. The lowest BCUT2D eigenvalue weighted by molar-refractivity contribution is -0.117. The van der Waals surface area contributed by atoms with Crippen LogP contribution in [0.2, 0.25) is 0 Å². The topological polar surface area (TPSA) is 152 Å². The fourth-order valence-electron chi connectivity index (χ4n) is 4.54. The van der Waals surface area contributed by atoms with Crippen molar-refractivity contribution in [2.24, 2.45) is 5.10 Å². The Morgan fingerprint density at radius 3 is 2.08 bits per heavy atom. The summed E-state index contributed by atoms with van der Waals surface area (Å²) in [6.07, 6.45) is 2.86. The van der Waals surface area contributed by atoms with Gasteiger partial charge in [0, 0.05) is 5.56 Å². The number of nitrogens with one attached hydrogen (secondary N) is 2. The van der Waals surface area contributed by atoms with Crippen LogP contribution in [0.1, 0.15) is 31.8 Å². The highest BCUT2D eigenvalue weighted by molar-refractivity contribution is 6.05. The quantitative estimate of drug-likeness (QED) is 0.0730. The van der Waals surface area contributed by atoms with Crippen LogP contribution in [0.5, 0.6) is 40.2 Å². The van der Waals surface area contributed by atoms with Crippen molar-refractivity contribution in [1.29, 1.82) is 0 Å². The molecule has 4 aromatic rings. The smallest absolute Gasteiger partial charge is 0.343 e. The SMILES string of the molecule is COc1cc(/C=N/NC(=O)/C(=C\c2ccc3c(c2)OCO3)NC(=O)c2ccccc2)ccc1OC(=O)c1cc(OC)c(OC)c(OC)c1. The summed E-state index contributed by atoms with van der Waals surface area (Å²) in [5.41, 5.74) is 3.98. The third kappa shape index (κ3) is 7.65. The molecule has 13 heteroatoms. The number of carbonyl (C=O) groups excluding carboxylic acids is 3. The molecular weight excluding hydrogens is 622 g/mol. The maximum Gasteiger partial charge on any atom is 0.343 e. The van der Waals surface area contributed by atoms with E-state index < -0.39 is 17.8 Å². The summed E-state index contributed by atoms with van der Waals surface area (Å²) in [6.45, 7) is 0.0939. The first-order valence-electron chi connectivity index (χ1n) is 14.3. The summed E-state index contributed by atoms with van der Waals surface area (Å²) < 4.78 is 37.7. The Morgan fingerprint density at radius 1 is 0.708 bits per heavy atom. The molecule has 0 saturated heterocycles. The number of hydrazone groups is 1. The number of benzene rings is 4. The van der Waals surface area contributed by atoms with Gasteiger partial charge < -0.3 is 38.5 Å². The predicted molar refractivity (Wildman–Crippen MR) is 174 cm³/mol. The van der Waals surface area contributed by atoms with Crippen LogP contribution in [0.25, 0.3) is 6.08 Å². The minimum atomic E-state index is -0.694. The van der Waals surface area contributed by atoms with E-state index in [1.165, 1.54) is 58.9 Å². The standard InChI is InChI=1S/C35H31N3O10/c1-42-28-16-22(11-13-27(28)48-35(41)24-17-30(43-2)32(45-4)31(18-24)44-3)19-36-38-34(40)25(37-33(39)23-8-6-5-7-9-23)14-21-10-12-26-29(15-21)47-20-46-26/h5-19H,20H2,1-4H3,(H,37,39)(H,38,40)/b25-14+,36-19+. The predicted octanol–water partition coefficient (Wildman–Crippen LogP) is 4.59. The van der Waals surface area contributed by atoms with Gasteiger partial charge in [0.1, 0.15) is 5.70 Å². The first kappa shape index (κ1) is 32.9. The molecule has 48 heavy (non-hydrogen) atoms. The first-order chi connectivity index (χ1) is 23.3. The van der Waals surface area contributed by atoms with Crippen molar-refractivity contribution in [2.75, 3.05) is 35.2 Å². The average molecular weight is 654 g/mol. The lowest BCUT2D eigenvalue weighted by atomic mass is 10.1. The maximum atomic E-state index is 13.2. The Bertz CT molecular complexity index is 1860. The number of esters is 1. The fraction of sp³-hybridized carbons (Fsp3) is 0.143. The molecule has 1 aliphatic rings. The van der Waals surface area contributed by atoms with Crippen molar-refractivity contribution in [3.05, 3.63) is 107 Å². The minimum absolute atomic E-state index is 0.0634. The molecule has 0 aromatic heterocycles. The monoisotopic (exact) mass is 653 g/mol. The molecule has 0 aliphatic carbocycles. The van der Waals surface area contributed by atoms with Crippen LogP contribution in [0.4, 0.5) is 0 Å². The van der Waals surface area contributed by atoms with E-state index in [0.29, 0.717) is 33.9 Å². The number of hydrogen-bond donors (Lipinski definition) is 2. The number of nitrogens with zero attached hydrogens (tertiary/aromatic N) is 1. The van der Waals surface area contributed by atoms with Crippen molar-refractivity contribution < 1.29 is 47.5 Å². The van der Waals surface area contributed by atoms with Crippen LogP contribution < -0.4 is 43.9 Å². The second-order valence-corrected chi connectivity index (χ2v) is 9.90. The number of methoxy groups -OCH3 is 4. The van der Waals surface area contributed by atoms with E-state index in [0.717, 1.165) is 0 Å². The van der Waals surface area contributed by atoms with E-state index in [1.807, 2.05) is 0 Å². The van der Waals surface area contributed by atoms with E-state index in [-0.39, 0.29) is 41.1 Å². The van der Waals surface area contributed by atoms with Crippen LogP contribution in [0.3, 0.4) is 0 Å². The van der Waals surface area contributed by atoms with Crippen molar-refractivity contribution in [1.82, 2.24) is 10.7 Å². The Morgan fingerprint density at radius 2 is 1.40 bits per heavy atom. The Hall–Kier alpha value is -6.50. The molecule has 4 aromatic carbocycles. The molecule has 5 rings (SSSR count). The third-order valence-electron chi connectivity index (χ3n) is 6.91. The number of hydrogen-bond acceptors (Lipinski definition) is 11. The van der Waals surface area contributed by atoms with Gasteiger partial charge in [-0.05, 0) is 71.8 Å². The van der Waals surface area contributed by atoms with Gasteiger partial charge in [-0.25, -0.2) is 10.2 Å². The molecule has 2 amide bonds. The molecular formula is C35H31N3O10. The molecule has 2 N–H and O–H groups in total. The third-order valence-corrected chi connectivity index (χ3v) is 6.91. The number of carbonyl (C=O) groups is 3. The molecule has 0 bridgehead atoms. The van der Waals surface area contributed by atoms with Crippen LogP contribution in [0, 0.1) is 0 Å². The van der Waals surface area contributed by atoms with Gasteiger partial charge in [0.05, 0.1) is 40.2 Å². The summed E-state index contributed by atoms with van der Waals surface area (Å²) in [5, 5.41) is 6.69. The number of fused-ring (bicyclic) bond motifs is 1. The Balaban J connectivity index is 1.31. The van der Waals surface area contributed by atoms with Gasteiger partial charge in [-0.15, -0.1) is 0 Å². The second-order valence-electron chi connectivity index (χ2n) is 9.90. The maximum absolute atomic E-state index is 13.2. The Kier molecular flexibility index (Phi) is 10.4. The average Bonchev–Trinajstić information content (AvgIpc) is 3.59. The lowest BCUT2D eigenvalue weighted by Crippen LogP contribution is -2.32. The summed E-state index contributed by atoms with van der Waals surface area (Å²) >= 11 is 0. The summed E-state index contributed by atoms with van der Waals surface area (Å²) in [7, 11) is 5.75. The van der Waals surface area contributed by atoms with E-state index in [4.69, 9.17) is 33.2 Å². The van der Waals surface area contributed by atoms with Crippen molar-refractivity contribution in [3.8, 4) is 40.2 Å². The number of rotatable bonds is 12. The Labute approximate surface area is 275 Å².